The van der Waals surface area contributed by atoms with Crippen molar-refractivity contribution in [3.05, 3.63) is 18.1 Å². The standard InChI is InChI=1S/C7H7N3O2/c8-2-3-10-7(11)6-5(9)1-4-12-6/h1,4H,3,9H2,(H,10,11). The fourth-order valence-electron chi connectivity index (χ4n) is 0.704. The van der Waals surface area contributed by atoms with E-state index in [2.05, 4.69) is 5.32 Å². The highest BCUT2D eigenvalue weighted by molar-refractivity contribution is 5.96. The summed E-state index contributed by atoms with van der Waals surface area (Å²) in [7, 11) is 0. The van der Waals surface area contributed by atoms with Gasteiger partial charge >= 0.3 is 0 Å². The van der Waals surface area contributed by atoms with Crippen LogP contribution in [0.2, 0.25) is 0 Å². The van der Waals surface area contributed by atoms with Crippen molar-refractivity contribution in [1.82, 2.24) is 5.32 Å². The molecule has 0 aliphatic carbocycles. The predicted molar refractivity (Wildman–Crippen MR) is 41.1 cm³/mol. The first-order valence-corrected chi connectivity index (χ1v) is 3.24. The van der Waals surface area contributed by atoms with E-state index in [1.807, 2.05) is 0 Å². The van der Waals surface area contributed by atoms with Gasteiger partial charge in [-0.3, -0.25) is 4.79 Å². The summed E-state index contributed by atoms with van der Waals surface area (Å²) in [5.74, 6) is -0.427. The summed E-state index contributed by atoms with van der Waals surface area (Å²) in [6.45, 7) is -0.0566. The van der Waals surface area contributed by atoms with Crippen molar-refractivity contribution in [2.24, 2.45) is 0 Å². The number of nitrogens with zero attached hydrogens (tertiary/aromatic N) is 1. The average molecular weight is 165 g/mol. The van der Waals surface area contributed by atoms with Crippen LogP contribution in [0.15, 0.2) is 16.7 Å². The van der Waals surface area contributed by atoms with Gasteiger partial charge in [0.1, 0.15) is 6.54 Å². The Morgan fingerprint density at radius 1 is 1.83 bits per heavy atom. The molecule has 3 N–H and O–H groups in total. The Bertz CT molecular complexity index is 324. The third-order valence-corrected chi connectivity index (χ3v) is 1.23. The average Bonchev–Trinajstić information content (AvgIpc) is 2.47. The van der Waals surface area contributed by atoms with E-state index in [0.29, 0.717) is 0 Å². The van der Waals surface area contributed by atoms with E-state index < -0.39 is 5.91 Å². The third kappa shape index (κ3) is 1.55. The molecule has 0 saturated heterocycles. The third-order valence-electron chi connectivity index (χ3n) is 1.23. The highest BCUT2D eigenvalue weighted by atomic mass is 16.3. The number of hydrogen-bond acceptors (Lipinski definition) is 4. The number of anilines is 1. The molecule has 0 bridgehead atoms. The fourth-order valence-corrected chi connectivity index (χ4v) is 0.704. The van der Waals surface area contributed by atoms with Crippen LogP contribution in [0.3, 0.4) is 0 Å². The van der Waals surface area contributed by atoms with Crippen molar-refractivity contribution >= 4 is 11.6 Å². The number of nitrogens with one attached hydrogen (secondary N) is 1. The summed E-state index contributed by atoms with van der Waals surface area (Å²) < 4.78 is 4.78. The molecule has 0 radical (unpaired) electrons. The Hall–Kier alpha value is -1.96. The first-order chi connectivity index (χ1) is 5.75. The van der Waals surface area contributed by atoms with Gasteiger partial charge in [0.15, 0.2) is 0 Å². The van der Waals surface area contributed by atoms with Crippen molar-refractivity contribution in [2.45, 2.75) is 0 Å². The molecule has 0 aromatic carbocycles. The zero-order valence-electron chi connectivity index (χ0n) is 6.20. The van der Waals surface area contributed by atoms with Gasteiger partial charge in [0, 0.05) is 6.07 Å². The Morgan fingerprint density at radius 3 is 3.08 bits per heavy atom. The van der Waals surface area contributed by atoms with Gasteiger partial charge in [-0.1, -0.05) is 0 Å². The highest BCUT2D eigenvalue weighted by Crippen LogP contribution is 2.11. The molecule has 1 rings (SSSR count). The molecular formula is C7H7N3O2. The molecule has 0 aliphatic heterocycles. The highest BCUT2D eigenvalue weighted by Gasteiger charge is 2.11. The fraction of sp³-hybridized carbons (Fsp3) is 0.143. The quantitative estimate of drug-likeness (QED) is 0.608. The maximum Gasteiger partial charge on any atom is 0.289 e. The topological polar surface area (TPSA) is 92.0 Å². The molecule has 0 saturated carbocycles. The number of nitrogens with two attached hydrogens (primary N) is 1. The Morgan fingerprint density at radius 2 is 2.58 bits per heavy atom. The van der Waals surface area contributed by atoms with E-state index in [1.54, 1.807) is 6.07 Å². The number of furan rings is 1. The monoisotopic (exact) mass is 165 g/mol. The minimum Gasteiger partial charge on any atom is -0.457 e. The van der Waals surface area contributed by atoms with Gasteiger partial charge in [0.2, 0.25) is 5.76 Å². The molecule has 0 atom stereocenters. The first kappa shape index (κ1) is 8.14. The largest absolute Gasteiger partial charge is 0.457 e. The molecule has 1 amide bonds. The number of carbonyl (C=O) groups excluding carboxylic acids is 1. The van der Waals surface area contributed by atoms with E-state index in [4.69, 9.17) is 15.4 Å². The van der Waals surface area contributed by atoms with Crippen LogP contribution in [0.25, 0.3) is 0 Å². The van der Waals surface area contributed by atoms with E-state index >= 15 is 0 Å². The molecule has 5 nitrogen and oxygen atoms in total. The minimum atomic E-state index is -0.473. The van der Waals surface area contributed by atoms with Crippen LogP contribution in [0.4, 0.5) is 5.69 Å². The molecule has 0 unspecified atom stereocenters. The summed E-state index contributed by atoms with van der Waals surface area (Å²) in [5, 5.41) is 10.5. The summed E-state index contributed by atoms with van der Waals surface area (Å²) >= 11 is 0. The number of rotatable bonds is 2. The predicted octanol–water partition coefficient (Wildman–Crippen LogP) is 0.115. The number of nitrogen functional groups attached to an aromatic ring is 1. The van der Waals surface area contributed by atoms with Crippen LogP contribution in [-0.2, 0) is 0 Å². The molecule has 0 aliphatic rings. The molecule has 12 heavy (non-hydrogen) atoms. The van der Waals surface area contributed by atoms with Gasteiger partial charge in [-0.2, -0.15) is 5.26 Å². The van der Waals surface area contributed by atoms with Gasteiger partial charge in [0.05, 0.1) is 18.0 Å². The van der Waals surface area contributed by atoms with Crippen LogP contribution >= 0.6 is 0 Å². The second-order valence-electron chi connectivity index (χ2n) is 2.05. The zero-order valence-corrected chi connectivity index (χ0v) is 6.20. The van der Waals surface area contributed by atoms with Crippen LogP contribution in [0, 0.1) is 11.3 Å². The molecular weight excluding hydrogens is 158 g/mol. The normalized spacial score (nSPS) is 8.92. The lowest BCUT2D eigenvalue weighted by molar-refractivity contribution is 0.0932. The van der Waals surface area contributed by atoms with Crippen LogP contribution in [0.1, 0.15) is 10.6 Å². The number of nitriles is 1. The summed E-state index contributed by atoms with van der Waals surface area (Å²) in [6.07, 6.45) is 1.32. The smallest absolute Gasteiger partial charge is 0.289 e. The number of amides is 1. The molecule has 5 heteroatoms. The summed E-state index contributed by atoms with van der Waals surface area (Å²) in [6, 6.07) is 3.24. The molecule has 1 heterocycles. The SMILES string of the molecule is N#CCNC(=O)c1occc1N. The molecule has 1 aromatic rings. The number of hydrogen-bond donors (Lipinski definition) is 2. The van der Waals surface area contributed by atoms with Gasteiger partial charge in [-0.05, 0) is 0 Å². The lowest BCUT2D eigenvalue weighted by Gasteiger charge is -1.96. The van der Waals surface area contributed by atoms with E-state index in [-0.39, 0.29) is 18.0 Å². The van der Waals surface area contributed by atoms with Gasteiger partial charge in [0.25, 0.3) is 5.91 Å². The number of carbonyl (C=O) groups is 1. The van der Waals surface area contributed by atoms with Crippen molar-refractivity contribution in [3.8, 4) is 6.07 Å². The maximum atomic E-state index is 11.0. The van der Waals surface area contributed by atoms with Crippen LogP contribution in [0.5, 0.6) is 0 Å². The van der Waals surface area contributed by atoms with E-state index in [9.17, 15) is 4.79 Å². The molecule has 0 fully saturated rings. The van der Waals surface area contributed by atoms with Crippen molar-refractivity contribution in [2.75, 3.05) is 12.3 Å². The Kier molecular flexibility index (Phi) is 2.33. The lowest BCUT2D eigenvalue weighted by atomic mass is 10.3. The van der Waals surface area contributed by atoms with Crippen LogP contribution < -0.4 is 11.1 Å². The first-order valence-electron chi connectivity index (χ1n) is 3.24. The second-order valence-corrected chi connectivity index (χ2v) is 2.05. The zero-order chi connectivity index (χ0) is 8.97. The maximum absolute atomic E-state index is 11.0. The van der Waals surface area contributed by atoms with E-state index in [1.165, 1.54) is 12.3 Å². The van der Waals surface area contributed by atoms with Crippen molar-refractivity contribution < 1.29 is 9.21 Å². The van der Waals surface area contributed by atoms with Crippen LogP contribution in [-0.4, -0.2) is 12.5 Å². The molecule has 1 aromatic heterocycles. The molecule has 0 spiro atoms. The molecule has 62 valence electrons. The van der Waals surface area contributed by atoms with Gasteiger partial charge < -0.3 is 15.5 Å². The minimum absolute atomic E-state index is 0.0465. The Balaban J connectivity index is 2.67. The lowest BCUT2D eigenvalue weighted by Crippen LogP contribution is -2.23. The van der Waals surface area contributed by atoms with Crippen molar-refractivity contribution in [3.63, 3.8) is 0 Å². The van der Waals surface area contributed by atoms with Crippen molar-refractivity contribution in [1.29, 1.82) is 5.26 Å². The summed E-state index contributed by atoms with van der Waals surface area (Å²) in [5.41, 5.74) is 5.64. The van der Waals surface area contributed by atoms with E-state index in [0.717, 1.165) is 0 Å². The second kappa shape index (κ2) is 3.44. The Labute approximate surface area is 68.8 Å². The van der Waals surface area contributed by atoms with Gasteiger partial charge in [-0.15, -0.1) is 0 Å². The van der Waals surface area contributed by atoms with Gasteiger partial charge in [-0.25, -0.2) is 0 Å². The summed E-state index contributed by atoms with van der Waals surface area (Å²) in [4.78, 5) is 11.0.